The van der Waals surface area contributed by atoms with Gasteiger partial charge in [-0.3, -0.25) is 0 Å². The van der Waals surface area contributed by atoms with Gasteiger partial charge in [0.25, 0.3) is 0 Å². The van der Waals surface area contributed by atoms with Gasteiger partial charge in [0.05, 0.1) is 0 Å². The third-order valence-corrected chi connectivity index (χ3v) is 5.80. The van der Waals surface area contributed by atoms with Crippen LogP contribution in [0.1, 0.15) is 57.1 Å². The average Bonchev–Trinajstić information content (AvgIpc) is 2.80. The zero-order valence-corrected chi connectivity index (χ0v) is 11.7. The van der Waals surface area contributed by atoms with Gasteiger partial charge < -0.3 is 9.67 Å². The molecule has 4 saturated carbocycles. The normalized spacial score (nSPS) is 40.0. The van der Waals surface area contributed by atoms with Gasteiger partial charge in [0.1, 0.15) is 12.4 Å². The van der Waals surface area contributed by atoms with Gasteiger partial charge >= 0.3 is 0 Å². The van der Waals surface area contributed by atoms with Crippen LogP contribution < -0.4 is 0 Å². The summed E-state index contributed by atoms with van der Waals surface area (Å²) in [5.41, 5.74) is 0.283. The minimum Gasteiger partial charge on any atom is -0.388 e. The van der Waals surface area contributed by atoms with Crippen LogP contribution in [0.4, 0.5) is 0 Å². The van der Waals surface area contributed by atoms with Crippen LogP contribution >= 0.6 is 0 Å². The lowest BCUT2D eigenvalue weighted by Crippen LogP contribution is -2.49. The molecule has 0 atom stereocenters. The van der Waals surface area contributed by atoms with E-state index < -0.39 is 0 Å². The predicted molar refractivity (Wildman–Crippen MR) is 71.5 cm³/mol. The summed E-state index contributed by atoms with van der Waals surface area (Å²) in [6.07, 6.45) is 8.28. The molecule has 0 amide bonds. The summed E-state index contributed by atoms with van der Waals surface area (Å²) >= 11 is 0. The first-order chi connectivity index (χ1) is 9.24. The van der Waals surface area contributed by atoms with Crippen LogP contribution in [0.3, 0.4) is 0 Å². The monoisotopic (exact) mass is 261 g/mol. The summed E-state index contributed by atoms with van der Waals surface area (Å²) in [4.78, 5) is 0. The molecule has 5 rings (SSSR count). The number of aliphatic hydroxyl groups excluding tert-OH is 1. The lowest BCUT2D eigenvalue weighted by molar-refractivity contribution is -0.0112. The van der Waals surface area contributed by atoms with Crippen molar-refractivity contribution in [2.45, 2.75) is 64.0 Å². The van der Waals surface area contributed by atoms with Crippen molar-refractivity contribution in [2.24, 2.45) is 17.8 Å². The molecule has 0 saturated heterocycles. The van der Waals surface area contributed by atoms with Gasteiger partial charge in [-0.25, -0.2) is 0 Å². The summed E-state index contributed by atoms with van der Waals surface area (Å²) in [5, 5.41) is 18.1. The van der Waals surface area contributed by atoms with Crippen LogP contribution in [0.15, 0.2) is 0 Å². The molecule has 4 aliphatic rings. The van der Waals surface area contributed by atoms with Gasteiger partial charge in [0.2, 0.25) is 0 Å². The van der Waals surface area contributed by atoms with E-state index in [2.05, 4.69) is 21.7 Å². The van der Waals surface area contributed by atoms with Gasteiger partial charge in [0, 0.05) is 12.0 Å². The molecule has 4 bridgehead atoms. The van der Waals surface area contributed by atoms with E-state index >= 15 is 0 Å². The first-order valence-corrected chi connectivity index (χ1v) is 7.77. The van der Waals surface area contributed by atoms with Gasteiger partial charge in [-0.2, -0.15) is 0 Å². The van der Waals surface area contributed by atoms with Crippen LogP contribution in [0.5, 0.6) is 0 Å². The predicted octanol–water partition coefficient (Wildman–Crippen LogP) is 2.26. The fourth-order valence-electron chi connectivity index (χ4n) is 5.56. The first kappa shape index (κ1) is 11.9. The fraction of sp³-hybridized carbons (Fsp3) is 0.867. The van der Waals surface area contributed by atoms with Gasteiger partial charge in [-0.1, -0.05) is 0 Å². The van der Waals surface area contributed by atoms with E-state index in [0.717, 1.165) is 30.1 Å². The van der Waals surface area contributed by atoms with Crippen molar-refractivity contribution in [3.05, 3.63) is 11.6 Å². The van der Waals surface area contributed by atoms with Gasteiger partial charge in [-0.05, 0) is 63.2 Å². The zero-order chi connectivity index (χ0) is 13.0. The Bertz CT molecular complexity index is 458. The molecule has 1 heterocycles. The van der Waals surface area contributed by atoms with Crippen LogP contribution in [0, 0.1) is 17.8 Å². The zero-order valence-electron chi connectivity index (χ0n) is 11.7. The Kier molecular flexibility index (Phi) is 2.53. The Hall–Kier alpha value is -0.900. The van der Waals surface area contributed by atoms with Crippen LogP contribution in [0.2, 0.25) is 0 Å². The second kappa shape index (κ2) is 4.05. The van der Waals surface area contributed by atoms with E-state index in [-0.39, 0.29) is 12.0 Å². The van der Waals surface area contributed by atoms with Crippen molar-refractivity contribution in [1.29, 1.82) is 0 Å². The highest BCUT2D eigenvalue weighted by Gasteiger charge is 2.53. The number of aliphatic hydroxyl groups is 1. The molecule has 0 spiro atoms. The maximum absolute atomic E-state index is 9.42. The van der Waals surface area contributed by atoms with E-state index in [1.807, 2.05) is 0 Å². The molecule has 4 aliphatic carbocycles. The Labute approximate surface area is 114 Å². The largest absolute Gasteiger partial charge is 0.388 e. The van der Waals surface area contributed by atoms with Crippen LogP contribution in [-0.2, 0) is 18.6 Å². The molecule has 4 fully saturated rings. The second-order valence-corrected chi connectivity index (χ2v) is 7.04. The number of nitrogens with zero attached hydrogens (tertiary/aromatic N) is 3. The highest BCUT2D eigenvalue weighted by molar-refractivity contribution is 5.18. The molecule has 1 N–H and O–H groups in total. The maximum Gasteiger partial charge on any atom is 0.158 e. The van der Waals surface area contributed by atoms with Crippen LogP contribution in [0.25, 0.3) is 0 Å². The van der Waals surface area contributed by atoms with Crippen LogP contribution in [-0.4, -0.2) is 19.9 Å². The molecule has 19 heavy (non-hydrogen) atoms. The Morgan fingerprint density at radius 1 is 1.11 bits per heavy atom. The van der Waals surface area contributed by atoms with Crippen molar-refractivity contribution in [3.8, 4) is 0 Å². The summed E-state index contributed by atoms with van der Waals surface area (Å²) in [5.74, 6) is 4.69. The first-order valence-electron chi connectivity index (χ1n) is 7.77. The smallest absolute Gasteiger partial charge is 0.158 e. The standard InChI is InChI=1S/C15H23N3O/c1-2-18-13(9-19)16-17-14(18)15-6-10-3-11(7-15)5-12(4-10)8-15/h10-12,19H,2-9H2,1H3. The maximum atomic E-state index is 9.42. The second-order valence-electron chi connectivity index (χ2n) is 7.04. The van der Waals surface area contributed by atoms with E-state index in [9.17, 15) is 5.11 Å². The minimum atomic E-state index is 0.00715. The van der Waals surface area contributed by atoms with Crippen molar-refractivity contribution < 1.29 is 5.11 Å². The Morgan fingerprint density at radius 3 is 2.16 bits per heavy atom. The van der Waals surface area contributed by atoms with E-state index in [1.165, 1.54) is 44.3 Å². The third kappa shape index (κ3) is 1.62. The summed E-state index contributed by atoms with van der Waals surface area (Å²) in [7, 11) is 0. The topological polar surface area (TPSA) is 50.9 Å². The molecule has 0 radical (unpaired) electrons. The quantitative estimate of drug-likeness (QED) is 0.908. The van der Waals surface area contributed by atoms with Crippen molar-refractivity contribution in [1.82, 2.24) is 14.8 Å². The summed E-state index contributed by atoms with van der Waals surface area (Å²) in [6, 6.07) is 0. The van der Waals surface area contributed by atoms with Crippen molar-refractivity contribution >= 4 is 0 Å². The lowest BCUT2D eigenvalue weighted by atomic mass is 9.49. The Balaban J connectivity index is 1.77. The number of hydrogen-bond acceptors (Lipinski definition) is 3. The lowest BCUT2D eigenvalue weighted by Gasteiger charge is -2.56. The number of hydrogen-bond donors (Lipinski definition) is 1. The highest BCUT2D eigenvalue weighted by Crippen LogP contribution is 2.60. The van der Waals surface area contributed by atoms with E-state index in [1.54, 1.807) is 0 Å². The molecule has 0 unspecified atom stereocenters. The molecule has 0 aromatic carbocycles. The van der Waals surface area contributed by atoms with Gasteiger partial charge in [-0.15, -0.1) is 10.2 Å². The molecular weight excluding hydrogens is 238 g/mol. The number of aromatic nitrogens is 3. The summed E-state index contributed by atoms with van der Waals surface area (Å²) < 4.78 is 2.17. The molecule has 0 aliphatic heterocycles. The molecule has 1 aromatic rings. The van der Waals surface area contributed by atoms with E-state index in [0.29, 0.717) is 0 Å². The van der Waals surface area contributed by atoms with Gasteiger partial charge in [0.15, 0.2) is 5.82 Å². The minimum absolute atomic E-state index is 0.00715. The Morgan fingerprint density at radius 2 is 1.68 bits per heavy atom. The van der Waals surface area contributed by atoms with E-state index in [4.69, 9.17) is 0 Å². The van der Waals surface area contributed by atoms with Crippen molar-refractivity contribution in [2.75, 3.05) is 0 Å². The molecule has 4 nitrogen and oxygen atoms in total. The highest BCUT2D eigenvalue weighted by atomic mass is 16.3. The summed E-state index contributed by atoms with van der Waals surface area (Å²) in [6.45, 7) is 3.01. The number of rotatable bonds is 3. The third-order valence-electron chi connectivity index (χ3n) is 5.80. The fourth-order valence-corrected chi connectivity index (χ4v) is 5.56. The molecule has 104 valence electrons. The molecular formula is C15H23N3O. The molecule has 4 heteroatoms. The molecule has 1 aromatic heterocycles. The SMILES string of the molecule is CCn1c(CO)nnc1C12CC3CC(CC(C3)C1)C2. The van der Waals surface area contributed by atoms with Crippen molar-refractivity contribution in [3.63, 3.8) is 0 Å². The average molecular weight is 261 g/mol.